The summed E-state index contributed by atoms with van der Waals surface area (Å²) < 4.78 is 2.60. The Morgan fingerprint density at radius 1 is 1.47 bits per heavy atom. The van der Waals surface area contributed by atoms with E-state index in [0.29, 0.717) is 17.7 Å². The summed E-state index contributed by atoms with van der Waals surface area (Å²) in [7, 11) is 0. The van der Waals surface area contributed by atoms with E-state index in [1.165, 1.54) is 0 Å². The van der Waals surface area contributed by atoms with Crippen LogP contribution in [0.15, 0.2) is 0 Å². The number of unbranched alkanes of at least 4 members (excludes halogenated alkanes) is 1. The van der Waals surface area contributed by atoms with Crippen LogP contribution in [0.3, 0.4) is 0 Å². The van der Waals surface area contributed by atoms with Crippen molar-refractivity contribution in [2.75, 3.05) is 5.75 Å². The molecule has 5 nitrogen and oxygen atoms in total. The van der Waals surface area contributed by atoms with Gasteiger partial charge in [0.2, 0.25) is 5.91 Å². The van der Waals surface area contributed by atoms with E-state index in [1.54, 1.807) is 0 Å². The molecule has 2 fully saturated rings. The third-order valence-electron chi connectivity index (χ3n) is 3.19. The van der Waals surface area contributed by atoms with E-state index in [2.05, 4.69) is 14.2 Å². The summed E-state index contributed by atoms with van der Waals surface area (Å²) in [5.74, 6) is 1.10. The van der Waals surface area contributed by atoms with Crippen LogP contribution in [0.1, 0.15) is 25.7 Å². The van der Waals surface area contributed by atoms with Crippen LogP contribution in [0, 0.1) is 0 Å². The Labute approximate surface area is 119 Å². The van der Waals surface area contributed by atoms with Crippen LogP contribution in [-0.4, -0.2) is 35.0 Å². The smallest absolute Gasteiger partial charge is 0.315 e. The molecule has 0 unspecified atom stereocenters. The first-order chi connectivity index (χ1) is 8.20. The lowest BCUT2D eigenvalue weighted by atomic mass is 10.0. The number of rotatable bonds is 5. The molecule has 17 heavy (non-hydrogen) atoms. The highest BCUT2D eigenvalue weighted by molar-refractivity contribution is 14.1. The van der Waals surface area contributed by atoms with Crippen LogP contribution in [0.4, 0.5) is 4.79 Å². The fourth-order valence-corrected chi connectivity index (χ4v) is 4.13. The number of nitrogens with one attached hydrogen (secondary N) is 3. The molecule has 3 atom stereocenters. The molecular formula is C10H16IN3O2S. The van der Waals surface area contributed by atoms with Gasteiger partial charge in [0, 0.05) is 17.4 Å². The van der Waals surface area contributed by atoms with Gasteiger partial charge >= 0.3 is 6.03 Å². The van der Waals surface area contributed by atoms with Crippen molar-refractivity contribution in [3.05, 3.63) is 0 Å². The lowest BCUT2D eigenvalue weighted by Crippen LogP contribution is -2.36. The van der Waals surface area contributed by atoms with E-state index in [9.17, 15) is 9.59 Å². The number of urea groups is 1. The van der Waals surface area contributed by atoms with E-state index in [-0.39, 0.29) is 18.0 Å². The zero-order valence-corrected chi connectivity index (χ0v) is 12.3. The van der Waals surface area contributed by atoms with Crippen LogP contribution in [0.25, 0.3) is 0 Å². The van der Waals surface area contributed by atoms with Crippen molar-refractivity contribution in [2.45, 2.75) is 43.0 Å². The number of carbonyl (C=O) groups excluding carboxylic acids is 2. The molecule has 0 radical (unpaired) electrons. The molecule has 3 amide bonds. The molecule has 2 heterocycles. The summed E-state index contributed by atoms with van der Waals surface area (Å²) in [6.45, 7) is 0. The lowest BCUT2D eigenvalue weighted by Gasteiger charge is -2.16. The SMILES string of the molecule is O=C(CCCC[C@@H]1SC[C@@H]2NC(=O)N[C@@H]21)NI. The highest BCUT2D eigenvalue weighted by Crippen LogP contribution is 2.33. The second-order valence-corrected chi connectivity index (χ2v) is 6.20. The third kappa shape index (κ3) is 3.40. The minimum Gasteiger partial charge on any atom is -0.332 e. The van der Waals surface area contributed by atoms with Crippen molar-refractivity contribution >= 4 is 46.6 Å². The van der Waals surface area contributed by atoms with Gasteiger partial charge in [0.25, 0.3) is 0 Å². The fraction of sp³-hybridized carbons (Fsp3) is 0.800. The fourth-order valence-electron chi connectivity index (χ4n) is 2.32. The van der Waals surface area contributed by atoms with Gasteiger partial charge in [-0.15, -0.1) is 0 Å². The number of halogens is 1. The Bertz CT molecular complexity index is 316. The van der Waals surface area contributed by atoms with Crippen LogP contribution in [-0.2, 0) is 4.79 Å². The molecule has 0 spiro atoms. The van der Waals surface area contributed by atoms with Gasteiger partial charge in [-0.1, -0.05) is 6.42 Å². The van der Waals surface area contributed by atoms with Crippen molar-refractivity contribution in [1.82, 2.24) is 14.2 Å². The summed E-state index contributed by atoms with van der Waals surface area (Å²) in [6.07, 6.45) is 3.63. The normalized spacial score (nSPS) is 30.6. The largest absolute Gasteiger partial charge is 0.332 e. The zero-order valence-electron chi connectivity index (χ0n) is 9.37. The molecule has 0 saturated carbocycles. The van der Waals surface area contributed by atoms with Gasteiger partial charge in [-0.05, 0) is 12.8 Å². The van der Waals surface area contributed by atoms with Gasteiger partial charge < -0.3 is 10.6 Å². The van der Waals surface area contributed by atoms with Gasteiger partial charge in [0.05, 0.1) is 34.9 Å². The van der Waals surface area contributed by atoms with Gasteiger partial charge in [0.1, 0.15) is 0 Å². The molecular weight excluding hydrogens is 353 g/mol. The van der Waals surface area contributed by atoms with Crippen molar-refractivity contribution in [3.8, 4) is 0 Å². The Kier molecular flexibility index (Phi) is 4.78. The highest BCUT2D eigenvalue weighted by atomic mass is 127. The van der Waals surface area contributed by atoms with Crippen molar-refractivity contribution in [2.24, 2.45) is 0 Å². The molecule has 0 aliphatic carbocycles. The molecule has 0 aromatic heterocycles. The first-order valence-electron chi connectivity index (χ1n) is 5.79. The second-order valence-electron chi connectivity index (χ2n) is 4.39. The molecule has 2 aliphatic heterocycles. The molecule has 2 saturated heterocycles. The van der Waals surface area contributed by atoms with E-state index in [4.69, 9.17) is 0 Å². The van der Waals surface area contributed by atoms with E-state index < -0.39 is 0 Å². The maximum atomic E-state index is 11.2. The summed E-state index contributed by atoms with van der Waals surface area (Å²) in [4.78, 5) is 22.2. The minimum absolute atomic E-state index is 0.0328. The molecule has 96 valence electrons. The van der Waals surface area contributed by atoms with Crippen LogP contribution >= 0.6 is 34.6 Å². The van der Waals surface area contributed by atoms with E-state index in [0.717, 1.165) is 25.0 Å². The van der Waals surface area contributed by atoms with Crippen molar-refractivity contribution in [1.29, 1.82) is 0 Å². The van der Waals surface area contributed by atoms with Gasteiger partial charge in [-0.2, -0.15) is 11.8 Å². The maximum absolute atomic E-state index is 11.2. The summed E-state index contributed by atoms with van der Waals surface area (Å²) in [5.41, 5.74) is 0. The Balaban J connectivity index is 1.66. The average molecular weight is 369 g/mol. The summed E-state index contributed by atoms with van der Waals surface area (Å²) >= 11 is 3.79. The first-order valence-corrected chi connectivity index (χ1v) is 7.91. The summed E-state index contributed by atoms with van der Waals surface area (Å²) in [6, 6.07) is 0.552. The predicted octanol–water partition coefficient (Wildman–Crippen LogP) is 1.18. The molecule has 3 N–H and O–H groups in total. The molecule has 0 aromatic rings. The first kappa shape index (κ1) is 13.3. The average Bonchev–Trinajstić information content (AvgIpc) is 2.84. The topological polar surface area (TPSA) is 70.2 Å². The monoisotopic (exact) mass is 369 g/mol. The highest BCUT2D eigenvalue weighted by Gasteiger charge is 2.42. The second kappa shape index (κ2) is 6.12. The van der Waals surface area contributed by atoms with Crippen molar-refractivity contribution in [3.63, 3.8) is 0 Å². The molecule has 2 rings (SSSR count). The molecule has 0 aromatic carbocycles. The predicted molar refractivity (Wildman–Crippen MR) is 76.1 cm³/mol. The van der Waals surface area contributed by atoms with Crippen LogP contribution in [0.2, 0.25) is 0 Å². The Morgan fingerprint density at radius 2 is 2.29 bits per heavy atom. The number of thioether (sulfide) groups is 1. The Hall–Kier alpha value is -0.180. The van der Waals surface area contributed by atoms with Crippen LogP contribution < -0.4 is 14.2 Å². The standard InChI is InChI=1S/C10H16IN3O2S/c11-14-8(15)4-2-1-3-7-9-6(5-17-7)12-10(16)13-9/h6-7,9H,1-5H2,(H,14,15)(H2,12,13,16)/t6-,7-,9-/m0/s1. The number of hydrogen-bond donors (Lipinski definition) is 3. The number of carbonyl (C=O) groups is 2. The minimum atomic E-state index is -0.0328. The third-order valence-corrected chi connectivity index (χ3v) is 5.30. The van der Waals surface area contributed by atoms with Crippen LogP contribution in [0.5, 0.6) is 0 Å². The van der Waals surface area contributed by atoms with E-state index in [1.807, 2.05) is 34.6 Å². The maximum Gasteiger partial charge on any atom is 0.315 e. The number of fused-ring (bicyclic) bond motifs is 1. The number of hydrogen-bond acceptors (Lipinski definition) is 3. The van der Waals surface area contributed by atoms with Crippen molar-refractivity contribution < 1.29 is 9.59 Å². The Morgan fingerprint density at radius 3 is 3.06 bits per heavy atom. The van der Waals surface area contributed by atoms with Gasteiger partial charge in [-0.3, -0.25) is 8.32 Å². The number of amides is 3. The van der Waals surface area contributed by atoms with Gasteiger partial charge in [-0.25, -0.2) is 4.79 Å². The van der Waals surface area contributed by atoms with Gasteiger partial charge in [0.15, 0.2) is 0 Å². The molecule has 0 bridgehead atoms. The van der Waals surface area contributed by atoms with E-state index >= 15 is 0 Å². The summed E-state index contributed by atoms with van der Waals surface area (Å²) in [5, 5.41) is 6.40. The lowest BCUT2D eigenvalue weighted by molar-refractivity contribution is -0.118. The quantitative estimate of drug-likeness (QED) is 0.295. The molecule has 7 heteroatoms. The molecule has 2 aliphatic rings. The zero-order chi connectivity index (χ0) is 12.3.